The Morgan fingerprint density at radius 1 is 0.906 bits per heavy atom. The third kappa shape index (κ3) is 5.93. The molecular weight excluding hydrogens is 420 g/mol. The predicted octanol–water partition coefficient (Wildman–Crippen LogP) is 5.75. The summed E-state index contributed by atoms with van der Waals surface area (Å²) in [6.07, 6.45) is 9.58. The fraction of sp³-hybridized carbons (Fsp3) is 0.462. The second kappa shape index (κ2) is 11.5. The summed E-state index contributed by atoms with van der Waals surface area (Å²) in [7, 11) is -3.61. The molecule has 0 aliphatic rings. The van der Waals surface area contributed by atoms with Gasteiger partial charge in [-0.05, 0) is 81.2 Å². The Balaban J connectivity index is 1.60. The second-order valence-electron chi connectivity index (χ2n) is 8.36. The fourth-order valence-corrected chi connectivity index (χ4v) is 5.65. The number of nitrogens with zero attached hydrogens (tertiary/aromatic N) is 2. The van der Waals surface area contributed by atoms with Crippen molar-refractivity contribution in [3.63, 3.8) is 0 Å². The van der Waals surface area contributed by atoms with Crippen LogP contribution in [0.4, 0.5) is 0 Å². The third-order valence-corrected chi connectivity index (χ3v) is 7.72. The molecule has 1 aromatic carbocycles. The van der Waals surface area contributed by atoms with Crippen LogP contribution in [0.15, 0.2) is 64.6 Å². The maximum Gasteiger partial charge on any atom is 0.208 e. The predicted molar refractivity (Wildman–Crippen MR) is 130 cm³/mol. The van der Waals surface area contributed by atoms with Gasteiger partial charge in [-0.25, -0.2) is 8.42 Å². The Bertz CT molecular complexity index is 1080. The molecule has 0 radical (unpaired) electrons. The maximum absolute atomic E-state index is 13.3. The quantitative estimate of drug-likeness (QED) is 0.307. The van der Waals surface area contributed by atoms with Crippen LogP contribution >= 0.6 is 0 Å². The molecule has 174 valence electrons. The highest BCUT2D eigenvalue weighted by Gasteiger charge is 2.24. The van der Waals surface area contributed by atoms with Crippen LogP contribution in [0.3, 0.4) is 0 Å². The summed E-state index contributed by atoms with van der Waals surface area (Å²) in [6, 6.07) is 12.4. The molecule has 32 heavy (non-hydrogen) atoms. The van der Waals surface area contributed by atoms with Crippen molar-refractivity contribution in [3.8, 4) is 5.75 Å². The van der Waals surface area contributed by atoms with E-state index in [-0.39, 0.29) is 4.90 Å². The van der Waals surface area contributed by atoms with Crippen molar-refractivity contribution in [2.75, 3.05) is 26.2 Å². The summed E-state index contributed by atoms with van der Waals surface area (Å²) in [6.45, 7) is 10.3. The first kappa shape index (κ1) is 24.3. The van der Waals surface area contributed by atoms with Crippen molar-refractivity contribution < 1.29 is 13.2 Å². The van der Waals surface area contributed by atoms with Crippen molar-refractivity contribution in [1.29, 1.82) is 0 Å². The Morgan fingerprint density at radius 3 is 2.22 bits per heavy atom. The molecule has 0 bridgehead atoms. The lowest BCUT2D eigenvalue weighted by Gasteiger charge is -2.21. The van der Waals surface area contributed by atoms with E-state index in [9.17, 15) is 8.42 Å². The van der Waals surface area contributed by atoms with Gasteiger partial charge in [0, 0.05) is 18.9 Å². The number of fused-ring (bicyclic) bond motifs is 1. The van der Waals surface area contributed by atoms with Gasteiger partial charge in [-0.3, -0.25) is 0 Å². The standard InChI is InChI=1S/C26H36N2O3S/c1-4-6-16-27(17-7-5-2)18-10-20-31-23-12-14-24(15-13-23)32(29,30)26-22(3)21-28-19-9-8-11-25(26)28/h8-9,11-15,19,21H,4-7,10,16-18,20H2,1-3H3. The van der Waals surface area contributed by atoms with Crippen LogP contribution in [0.1, 0.15) is 51.5 Å². The number of unbranched alkanes of at least 4 members (excludes halogenated alkanes) is 2. The number of aromatic nitrogens is 1. The summed E-state index contributed by atoms with van der Waals surface area (Å²) in [4.78, 5) is 3.18. The number of sulfone groups is 1. The molecule has 0 saturated carbocycles. The summed E-state index contributed by atoms with van der Waals surface area (Å²) < 4.78 is 34.3. The lowest BCUT2D eigenvalue weighted by Crippen LogP contribution is -2.28. The minimum atomic E-state index is -3.61. The van der Waals surface area contributed by atoms with Crippen LogP contribution in [0.5, 0.6) is 5.75 Å². The summed E-state index contributed by atoms with van der Waals surface area (Å²) >= 11 is 0. The fourth-order valence-electron chi connectivity index (χ4n) is 3.99. The van der Waals surface area contributed by atoms with Crippen molar-refractivity contribution in [2.24, 2.45) is 0 Å². The minimum absolute atomic E-state index is 0.287. The minimum Gasteiger partial charge on any atom is -0.494 e. The molecule has 0 unspecified atom stereocenters. The molecule has 6 heteroatoms. The van der Waals surface area contributed by atoms with E-state index in [1.165, 1.54) is 25.7 Å². The smallest absolute Gasteiger partial charge is 0.208 e. The molecule has 0 amide bonds. The molecule has 0 aliphatic heterocycles. The molecule has 2 aromatic heterocycles. The van der Waals surface area contributed by atoms with Gasteiger partial charge in [0.1, 0.15) is 10.6 Å². The number of aryl methyl sites for hydroxylation is 1. The van der Waals surface area contributed by atoms with Gasteiger partial charge >= 0.3 is 0 Å². The topological polar surface area (TPSA) is 51.0 Å². The summed E-state index contributed by atoms with van der Waals surface area (Å²) in [5.41, 5.74) is 1.44. The number of pyridine rings is 1. The van der Waals surface area contributed by atoms with Crippen molar-refractivity contribution in [3.05, 3.63) is 60.4 Å². The van der Waals surface area contributed by atoms with E-state index < -0.39 is 9.84 Å². The number of ether oxygens (including phenoxy) is 1. The Morgan fingerprint density at radius 2 is 1.56 bits per heavy atom. The largest absolute Gasteiger partial charge is 0.494 e. The van der Waals surface area contributed by atoms with E-state index in [0.29, 0.717) is 22.8 Å². The molecule has 3 rings (SSSR count). The van der Waals surface area contributed by atoms with E-state index in [0.717, 1.165) is 31.6 Å². The van der Waals surface area contributed by atoms with E-state index in [2.05, 4.69) is 18.7 Å². The lowest BCUT2D eigenvalue weighted by molar-refractivity contribution is 0.229. The molecule has 3 aromatic rings. The monoisotopic (exact) mass is 456 g/mol. The SMILES string of the molecule is CCCCN(CCCC)CCCOc1ccc(S(=O)(=O)c2c(C)cn3ccccc23)cc1. The molecule has 0 N–H and O–H groups in total. The summed E-state index contributed by atoms with van der Waals surface area (Å²) in [5, 5.41) is 0. The molecule has 0 atom stereocenters. The van der Waals surface area contributed by atoms with E-state index in [1.54, 1.807) is 24.3 Å². The van der Waals surface area contributed by atoms with Gasteiger partial charge in [0.25, 0.3) is 0 Å². The van der Waals surface area contributed by atoms with Crippen LogP contribution in [0.2, 0.25) is 0 Å². The van der Waals surface area contributed by atoms with Crippen LogP contribution in [-0.2, 0) is 9.84 Å². The third-order valence-electron chi connectivity index (χ3n) is 5.76. The van der Waals surface area contributed by atoms with Gasteiger partial charge in [-0.2, -0.15) is 0 Å². The van der Waals surface area contributed by atoms with Gasteiger partial charge in [0.05, 0.1) is 17.0 Å². The Kier molecular flexibility index (Phi) is 8.76. The first-order chi connectivity index (χ1) is 15.5. The first-order valence-corrected chi connectivity index (χ1v) is 13.2. The van der Waals surface area contributed by atoms with Gasteiger partial charge in [0.15, 0.2) is 0 Å². The number of rotatable bonds is 13. The molecule has 0 aliphatic carbocycles. The number of benzene rings is 1. The Hall–Kier alpha value is -2.31. The number of hydrogen-bond donors (Lipinski definition) is 0. The lowest BCUT2D eigenvalue weighted by atomic mass is 10.2. The average molecular weight is 457 g/mol. The van der Waals surface area contributed by atoms with Gasteiger partial charge < -0.3 is 14.0 Å². The highest BCUT2D eigenvalue weighted by atomic mass is 32.2. The number of hydrogen-bond acceptors (Lipinski definition) is 4. The van der Waals surface area contributed by atoms with Crippen LogP contribution in [0.25, 0.3) is 5.52 Å². The second-order valence-corrected chi connectivity index (χ2v) is 10.2. The summed E-state index contributed by atoms with van der Waals surface area (Å²) in [5.74, 6) is 0.705. The molecular formula is C26H36N2O3S. The van der Waals surface area contributed by atoms with Gasteiger partial charge in [-0.15, -0.1) is 0 Å². The normalized spacial score (nSPS) is 12.0. The van der Waals surface area contributed by atoms with Gasteiger partial charge in [0.2, 0.25) is 9.84 Å². The highest BCUT2D eigenvalue weighted by Crippen LogP contribution is 2.30. The molecule has 5 nitrogen and oxygen atoms in total. The van der Waals surface area contributed by atoms with E-state index >= 15 is 0 Å². The van der Waals surface area contributed by atoms with E-state index in [4.69, 9.17) is 4.74 Å². The van der Waals surface area contributed by atoms with Crippen LogP contribution in [0, 0.1) is 6.92 Å². The molecule has 0 fully saturated rings. The zero-order chi connectivity index (χ0) is 23.0. The zero-order valence-electron chi connectivity index (χ0n) is 19.6. The van der Waals surface area contributed by atoms with Gasteiger partial charge in [-0.1, -0.05) is 32.8 Å². The van der Waals surface area contributed by atoms with Crippen molar-refractivity contribution in [2.45, 2.75) is 62.7 Å². The van der Waals surface area contributed by atoms with Crippen molar-refractivity contribution >= 4 is 15.4 Å². The maximum atomic E-state index is 13.3. The highest BCUT2D eigenvalue weighted by molar-refractivity contribution is 7.91. The average Bonchev–Trinajstić information content (AvgIpc) is 3.14. The van der Waals surface area contributed by atoms with E-state index in [1.807, 2.05) is 41.9 Å². The molecule has 0 saturated heterocycles. The first-order valence-electron chi connectivity index (χ1n) is 11.7. The Labute approximate surface area is 192 Å². The van der Waals surface area contributed by atoms with Crippen LogP contribution in [-0.4, -0.2) is 44.0 Å². The molecule has 2 heterocycles. The van der Waals surface area contributed by atoms with Crippen molar-refractivity contribution in [1.82, 2.24) is 9.30 Å². The zero-order valence-corrected chi connectivity index (χ0v) is 20.4. The van der Waals surface area contributed by atoms with Crippen LogP contribution < -0.4 is 4.74 Å². The molecule has 0 spiro atoms.